The van der Waals surface area contributed by atoms with Crippen LogP contribution in [0.5, 0.6) is 0 Å². The van der Waals surface area contributed by atoms with Crippen LogP contribution in [0, 0.1) is 17.8 Å². The molecule has 2 bridgehead atoms. The molecule has 1 aromatic heterocycles. The largest absolute Gasteiger partial charge is 0.352 e. The van der Waals surface area contributed by atoms with E-state index in [1.165, 1.54) is 0 Å². The zero-order valence-electron chi connectivity index (χ0n) is 14.4. The lowest BCUT2D eigenvalue weighted by Crippen LogP contribution is -2.32. The molecule has 1 heterocycles. The van der Waals surface area contributed by atoms with E-state index in [0.29, 0.717) is 23.9 Å². The number of carbonyl (C=O) groups is 2. The first-order valence-corrected chi connectivity index (χ1v) is 8.95. The Kier molecular flexibility index (Phi) is 4.52. The van der Waals surface area contributed by atoms with Crippen molar-refractivity contribution >= 4 is 17.5 Å². The lowest BCUT2D eigenvalue weighted by atomic mass is 9.93. The van der Waals surface area contributed by atoms with Crippen LogP contribution < -0.4 is 10.6 Å². The number of aromatic nitrogens is 1. The van der Waals surface area contributed by atoms with Gasteiger partial charge >= 0.3 is 0 Å². The number of carbonyl (C=O) groups excluding carboxylic acids is 2. The third kappa shape index (κ3) is 3.52. The molecule has 0 radical (unpaired) electrons. The van der Waals surface area contributed by atoms with Gasteiger partial charge in [-0.15, -0.1) is 0 Å². The molecule has 3 atom stereocenters. The van der Waals surface area contributed by atoms with Crippen molar-refractivity contribution in [3.05, 3.63) is 72.1 Å². The molecule has 5 nitrogen and oxygen atoms in total. The van der Waals surface area contributed by atoms with Gasteiger partial charge in [-0.1, -0.05) is 24.3 Å². The van der Waals surface area contributed by atoms with Crippen molar-refractivity contribution in [1.29, 1.82) is 0 Å². The lowest BCUT2D eigenvalue weighted by molar-refractivity contribution is -0.125. The Balaban J connectivity index is 1.30. The van der Waals surface area contributed by atoms with Crippen LogP contribution in [-0.4, -0.2) is 16.8 Å². The minimum absolute atomic E-state index is 0.129. The number of pyridine rings is 1. The Bertz CT molecular complexity index is 830. The Morgan fingerprint density at radius 1 is 1.00 bits per heavy atom. The summed E-state index contributed by atoms with van der Waals surface area (Å²) in [4.78, 5) is 28.4. The molecule has 26 heavy (non-hydrogen) atoms. The molecule has 2 aliphatic carbocycles. The Morgan fingerprint density at radius 2 is 1.77 bits per heavy atom. The smallest absolute Gasteiger partial charge is 0.255 e. The molecule has 0 saturated heterocycles. The van der Waals surface area contributed by atoms with E-state index in [0.717, 1.165) is 24.1 Å². The summed E-state index contributed by atoms with van der Waals surface area (Å²) in [7, 11) is 0. The number of hydrogen-bond donors (Lipinski definition) is 2. The molecule has 5 heteroatoms. The molecule has 4 rings (SSSR count). The SMILES string of the molecule is O=C(Nc1ccc(CNC(=O)[C@H]2C[C@H]3C=C[C@H]2C3)cc1)c1ccncc1. The number of anilines is 1. The minimum atomic E-state index is -0.169. The molecule has 2 amide bonds. The Labute approximate surface area is 152 Å². The average Bonchev–Trinajstić information content (AvgIpc) is 3.31. The highest BCUT2D eigenvalue weighted by Gasteiger charge is 2.39. The van der Waals surface area contributed by atoms with Crippen molar-refractivity contribution in [1.82, 2.24) is 10.3 Å². The zero-order valence-corrected chi connectivity index (χ0v) is 14.4. The molecule has 1 fully saturated rings. The van der Waals surface area contributed by atoms with Crippen molar-refractivity contribution < 1.29 is 9.59 Å². The van der Waals surface area contributed by atoms with E-state index in [2.05, 4.69) is 27.8 Å². The quantitative estimate of drug-likeness (QED) is 0.816. The van der Waals surface area contributed by atoms with Gasteiger partial charge in [-0.2, -0.15) is 0 Å². The molecule has 0 spiro atoms. The van der Waals surface area contributed by atoms with Gasteiger partial charge in [-0.05, 0) is 54.5 Å². The van der Waals surface area contributed by atoms with Gasteiger partial charge in [0.15, 0.2) is 0 Å². The van der Waals surface area contributed by atoms with E-state index in [4.69, 9.17) is 0 Å². The number of nitrogens with one attached hydrogen (secondary N) is 2. The summed E-state index contributed by atoms with van der Waals surface area (Å²) in [5, 5.41) is 5.90. The van der Waals surface area contributed by atoms with E-state index in [-0.39, 0.29) is 17.7 Å². The van der Waals surface area contributed by atoms with Crippen molar-refractivity contribution in [2.75, 3.05) is 5.32 Å². The number of hydrogen-bond acceptors (Lipinski definition) is 3. The second-order valence-electron chi connectivity index (χ2n) is 6.99. The molecule has 1 saturated carbocycles. The van der Waals surface area contributed by atoms with E-state index < -0.39 is 0 Å². The maximum atomic E-state index is 12.4. The molecule has 1 aromatic carbocycles. The van der Waals surface area contributed by atoms with Gasteiger partial charge in [-0.25, -0.2) is 0 Å². The van der Waals surface area contributed by atoms with Crippen LogP contribution in [0.4, 0.5) is 5.69 Å². The molecule has 0 unspecified atom stereocenters. The summed E-state index contributed by atoms with van der Waals surface area (Å²) in [6, 6.07) is 10.9. The third-order valence-electron chi connectivity index (χ3n) is 5.24. The molecule has 2 N–H and O–H groups in total. The predicted molar refractivity (Wildman–Crippen MR) is 99.3 cm³/mol. The maximum absolute atomic E-state index is 12.4. The highest BCUT2D eigenvalue weighted by molar-refractivity contribution is 6.04. The highest BCUT2D eigenvalue weighted by Crippen LogP contribution is 2.43. The van der Waals surface area contributed by atoms with Gasteiger partial charge in [-0.3, -0.25) is 14.6 Å². The zero-order chi connectivity index (χ0) is 17.9. The first-order valence-electron chi connectivity index (χ1n) is 8.95. The van der Waals surface area contributed by atoms with Gasteiger partial charge in [0, 0.05) is 36.1 Å². The lowest BCUT2D eigenvalue weighted by Gasteiger charge is -2.17. The maximum Gasteiger partial charge on any atom is 0.255 e. The topological polar surface area (TPSA) is 71.1 Å². The minimum Gasteiger partial charge on any atom is -0.352 e. The monoisotopic (exact) mass is 347 g/mol. The van der Waals surface area contributed by atoms with E-state index in [9.17, 15) is 9.59 Å². The number of rotatable bonds is 5. The average molecular weight is 347 g/mol. The highest BCUT2D eigenvalue weighted by atomic mass is 16.2. The second-order valence-corrected chi connectivity index (χ2v) is 6.99. The number of benzene rings is 1. The van der Waals surface area contributed by atoms with Gasteiger partial charge < -0.3 is 10.6 Å². The third-order valence-corrected chi connectivity index (χ3v) is 5.24. The van der Waals surface area contributed by atoms with Crippen LogP contribution in [0.15, 0.2) is 60.9 Å². The normalized spacial score (nSPS) is 23.0. The molecule has 0 aliphatic heterocycles. The predicted octanol–water partition coefficient (Wildman–Crippen LogP) is 3.16. The number of allylic oxidation sites excluding steroid dienone is 2. The van der Waals surface area contributed by atoms with E-state index in [1.807, 2.05) is 24.3 Å². The van der Waals surface area contributed by atoms with E-state index in [1.54, 1.807) is 24.5 Å². The van der Waals surface area contributed by atoms with E-state index >= 15 is 0 Å². The summed E-state index contributed by atoms with van der Waals surface area (Å²) < 4.78 is 0. The second kappa shape index (κ2) is 7.12. The van der Waals surface area contributed by atoms with Crippen molar-refractivity contribution in [3.63, 3.8) is 0 Å². The van der Waals surface area contributed by atoms with Crippen molar-refractivity contribution in [3.8, 4) is 0 Å². The summed E-state index contributed by atoms with van der Waals surface area (Å²) in [5.74, 6) is 1.13. The van der Waals surface area contributed by atoms with Crippen LogP contribution in [-0.2, 0) is 11.3 Å². The summed E-state index contributed by atoms with van der Waals surface area (Å²) >= 11 is 0. The van der Waals surface area contributed by atoms with Gasteiger partial charge in [0.25, 0.3) is 5.91 Å². The van der Waals surface area contributed by atoms with Crippen LogP contribution in [0.25, 0.3) is 0 Å². The molecular weight excluding hydrogens is 326 g/mol. The molecule has 2 aliphatic rings. The molecular formula is C21H21N3O2. The molecule has 2 aromatic rings. The van der Waals surface area contributed by atoms with Gasteiger partial charge in [0.1, 0.15) is 0 Å². The van der Waals surface area contributed by atoms with Crippen molar-refractivity contribution in [2.24, 2.45) is 17.8 Å². The summed E-state index contributed by atoms with van der Waals surface area (Å²) in [5.41, 5.74) is 2.30. The number of fused-ring (bicyclic) bond motifs is 2. The van der Waals surface area contributed by atoms with Crippen LogP contribution in [0.3, 0.4) is 0 Å². The van der Waals surface area contributed by atoms with Crippen molar-refractivity contribution in [2.45, 2.75) is 19.4 Å². The fourth-order valence-electron chi connectivity index (χ4n) is 3.81. The fourth-order valence-corrected chi connectivity index (χ4v) is 3.81. The summed E-state index contributed by atoms with van der Waals surface area (Å²) in [6.07, 6.45) is 9.72. The molecule has 132 valence electrons. The Morgan fingerprint density at radius 3 is 2.42 bits per heavy atom. The standard InChI is InChI=1S/C21H21N3O2/c25-20(16-7-9-22-10-8-16)24-18-5-2-14(3-6-18)13-23-21(26)19-12-15-1-4-17(19)11-15/h1-10,15,17,19H,11-13H2,(H,23,26)(H,24,25)/t15-,17-,19-/m0/s1. The van der Waals surface area contributed by atoms with Gasteiger partial charge in [0.05, 0.1) is 0 Å². The Hall–Kier alpha value is -2.95. The van der Waals surface area contributed by atoms with Crippen LogP contribution in [0.1, 0.15) is 28.8 Å². The van der Waals surface area contributed by atoms with Gasteiger partial charge in [0.2, 0.25) is 5.91 Å². The first kappa shape index (κ1) is 16.5. The van der Waals surface area contributed by atoms with Crippen LogP contribution in [0.2, 0.25) is 0 Å². The fraction of sp³-hybridized carbons (Fsp3) is 0.286. The summed E-state index contributed by atoms with van der Waals surface area (Å²) in [6.45, 7) is 0.509. The number of nitrogens with zero attached hydrogens (tertiary/aromatic N) is 1. The number of amides is 2. The van der Waals surface area contributed by atoms with Crippen LogP contribution >= 0.6 is 0 Å². The first-order chi connectivity index (χ1) is 12.7.